The van der Waals surface area contributed by atoms with Crippen LogP contribution >= 0.6 is 0 Å². The van der Waals surface area contributed by atoms with Crippen LogP contribution in [0, 0.1) is 0 Å². The van der Waals surface area contributed by atoms with Gasteiger partial charge in [-0.2, -0.15) is 0 Å². The van der Waals surface area contributed by atoms with Gasteiger partial charge in [-0.25, -0.2) is 4.79 Å². The third kappa shape index (κ3) is 2.34. The van der Waals surface area contributed by atoms with Crippen molar-refractivity contribution >= 4 is 5.97 Å². The van der Waals surface area contributed by atoms with Crippen LogP contribution in [0.3, 0.4) is 0 Å². The smallest absolute Gasteiger partial charge is 0.343 e. The number of aromatic hydroxyl groups is 1. The normalized spacial score (nSPS) is 11.8. The second-order valence-corrected chi connectivity index (χ2v) is 2.62. The third-order valence-electron chi connectivity index (χ3n) is 1.60. The lowest BCUT2D eigenvalue weighted by atomic mass is 10.2. The molecule has 0 heterocycles. The number of ether oxygens (including phenoxy) is 1. The first kappa shape index (κ1) is 10.3. The molecule has 0 saturated carbocycles. The molecule has 4 heteroatoms. The molecule has 1 unspecified atom stereocenters. The van der Waals surface area contributed by atoms with E-state index >= 15 is 0 Å². The molecule has 0 spiro atoms. The molecule has 0 radical (unpaired) electrons. The lowest BCUT2D eigenvalue weighted by Gasteiger charge is -2.08. The summed E-state index contributed by atoms with van der Waals surface area (Å²) in [5.41, 5.74) is 5.41. The molecule has 0 saturated heterocycles. The molecule has 0 aromatic heterocycles. The Morgan fingerprint density at radius 2 is 2.21 bits per heavy atom. The van der Waals surface area contributed by atoms with Crippen LogP contribution in [0.25, 0.3) is 0 Å². The molecule has 14 heavy (non-hydrogen) atoms. The molecule has 0 aliphatic heterocycles. The van der Waals surface area contributed by atoms with Crippen molar-refractivity contribution in [3.05, 3.63) is 42.5 Å². The molecule has 3 N–H and O–H groups in total. The highest BCUT2D eigenvalue weighted by atomic mass is 16.6. The number of para-hydroxylation sites is 1. The number of esters is 1. The summed E-state index contributed by atoms with van der Waals surface area (Å²) in [6, 6.07) is 6.08. The summed E-state index contributed by atoms with van der Waals surface area (Å²) in [4.78, 5) is 11.3. The average molecular weight is 193 g/mol. The summed E-state index contributed by atoms with van der Waals surface area (Å²) < 4.78 is 4.73. The van der Waals surface area contributed by atoms with Crippen LogP contribution in [-0.2, 0) is 4.74 Å². The maximum atomic E-state index is 11.3. The SMILES string of the molecule is C=CC(N)OC(=O)c1ccccc1O. The van der Waals surface area contributed by atoms with Gasteiger partial charge in [0.15, 0.2) is 6.23 Å². The van der Waals surface area contributed by atoms with Crippen LogP contribution in [0.4, 0.5) is 0 Å². The van der Waals surface area contributed by atoms with Gasteiger partial charge in [0, 0.05) is 0 Å². The van der Waals surface area contributed by atoms with Crippen molar-refractivity contribution in [1.82, 2.24) is 0 Å². The highest BCUT2D eigenvalue weighted by molar-refractivity contribution is 5.92. The number of phenolic OH excluding ortho intramolecular Hbond substituents is 1. The van der Waals surface area contributed by atoms with Crippen molar-refractivity contribution in [3.63, 3.8) is 0 Å². The summed E-state index contributed by atoms with van der Waals surface area (Å²) in [6.45, 7) is 3.37. The summed E-state index contributed by atoms with van der Waals surface area (Å²) in [5.74, 6) is -0.802. The molecular formula is C10H11NO3. The molecular weight excluding hydrogens is 182 g/mol. The summed E-state index contributed by atoms with van der Waals surface area (Å²) in [7, 11) is 0. The molecule has 0 bridgehead atoms. The lowest BCUT2D eigenvalue weighted by Crippen LogP contribution is -2.24. The fraction of sp³-hybridized carbons (Fsp3) is 0.100. The molecule has 0 aliphatic rings. The fourth-order valence-corrected chi connectivity index (χ4v) is 0.881. The zero-order chi connectivity index (χ0) is 10.6. The highest BCUT2D eigenvalue weighted by Crippen LogP contribution is 2.16. The number of benzene rings is 1. The molecule has 74 valence electrons. The second-order valence-electron chi connectivity index (χ2n) is 2.62. The average Bonchev–Trinajstić information content (AvgIpc) is 2.18. The number of hydrogen-bond donors (Lipinski definition) is 2. The second kappa shape index (κ2) is 4.43. The van der Waals surface area contributed by atoms with Crippen molar-refractivity contribution < 1.29 is 14.6 Å². The summed E-state index contributed by atoms with van der Waals surface area (Å²) in [5, 5.41) is 9.30. The Hall–Kier alpha value is -1.81. The Labute approximate surface area is 81.6 Å². The molecule has 1 aromatic rings. The molecule has 0 fully saturated rings. The summed E-state index contributed by atoms with van der Waals surface area (Å²) >= 11 is 0. The number of carbonyl (C=O) groups is 1. The largest absolute Gasteiger partial charge is 0.507 e. The number of rotatable bonds is 3. The van der Waals surface area contributed by atoms with E-state index in [0.29, 0.717) is 0 Å². The monoisotopic (exact) mass is 193 g/mol. The van der Waals surface area contributed by atoms with Crippen LogP contribution in [0.2, 0.25) is 0 Å². The van der Waals surface area contributed by atoms with Crippen molar-refractivity contribution in [2.45, 2.75) is 6.23 Å². The predicted molar refractivity (Wildman–Crippen MR) is 51.7 cm³/mol. The van der Waals surface area contributed by atoms with Crippen LogP contribution in [0.5, 0.6) is 5.75 Å². The van der Waals surface area contributed by atoms with E-state index < -0.39 is 12.2 Å². The van der Waals surface area contributed by atoms with Gasteiger partial charge in [0.2, 0.25) is 0 Å². The number of phenols is 1. The van der Waals surface area contributed by atoms with Gasteiger partial charge in [-0.05, 0) is 18.2 Å². The Morgan fingerprint density at radius 3 is 2.79 bits per heavy atom. The minimum Gasteiger partial charge on any atom is -0.507 e. The van der Waals surface area contributed by atoms with E-state index in [2.05, 4.69) is 6.58 Å². The van der Waals surface area contributed by atoms with Gasteiger partial charge in [0.25, 0.3) is 0 Å². The zero-order valence-corrected chi connectivity index (χ0v) is 7.51. The molecule has 1 atom stereocenters. The van der Waals surface area contributed by atoms with Gasteiger partial charge in [-0.1, -0.05) is 18.7 Å². The Morgan fingerprint density at radius 1 is 1.57 bits per heavy atom. The van der Waals surface area contributed by atoms with Crippen LogP contribution < -0.4 is 5.73 Å². The lowest BCUT2D eigenvalue weighted by molar-refractivity contribution is 0.0403. The quantitative estimate of drug-likeness (QED) is 0.427. The molecule has 1 aromatic carbocycles. The van der Waals surface area contributed by atoms with E-state index in [-0.39, 0.29) is 11.3 Å². The van der Waals surface area contributed by atoms with E-state index in [9.17, 15) is 9.90 Å². The minimum absolute atomic E-state index is 0.0878. The summed E-state index contributed by atoms with van der Waals surface area (Å²) in [6.07, 6.45) is 0.430. The number of nitrogens with two attached hydrogens (primary N) is 1. The highest BCUT2D eigenvalue weighted by Gasteiger charge is 2.13. The predicted octanol–water partition coefficient (Wildman–Crippen LogP) is 1.02. The molecule has 4 nitrogen and oxygen atoms in total. The van der Waals surface area contributed by atoms with Crippen molar-refractivity contribution in [1.29, 1.82) is 0 Å². The maximum absolute atomic E-state index is 11.3. The van der Waals surface area contributed by atoms with E-state index in [1.54, 1.807) is 12.1 Å². The fourth-order valence-electron chi connectivity index (χ4n) is 0.881. The Kier molecular flexibility index (Phi) is 3.25. The van der Waals surface area contributed by atoms with Gasteiger partial charge in [0.1, 0.15) is 11.3 Å². The standard InChI is InChI=1S/C10H11NO3/c1-2-9(11)14-10(13)7-5-3-4-6-8(7)12/h2-6,9,12H,1,11H2. The van der Waals surface area contributed by atoms with Gasteiger partial charge in [-0.15, -0.1) is 0 Å². The molecule has 0 aliphatic carbocycles. The Balaban J connectivity index is 2.80. The van der Waals surface area contributed by atoms with E-state index in [0.717, 1.165) is 0 Å². The van der Waals surface area contributed by atoms with Gasteiger partial charge >= 0.3 is 5.97 Å². The van der Waals surface area contributed by atoms with Gasteiger partial charge in [-0.3, -0.25) is 5.73 Å². The van der Waals surface area contributed by atoms with E-state index in [4.69, 9.17) is 10.5 Å². The van der Waals surface area contributed by atoms with Crippen molar-refractivity contribution in [2.24, 2.45) is 5.73 Å². The molecule has 0 amide bonds. The minimum atomic E-state index is -0.859. The third-order valence-corrected chi connectivity index (χ3v) is 1.60. The topological polar surface area (TPSA) is 72.5 Å². The van der Waals surface area contributed by atoms with Crippen LogP contribution in [-0.4, -0.2) is 17.3 Å². The maximum Gasteiger partial charge on any atom is 0.343 e. The van der Waals surface area contributed by atoms with Gasteiger partial charge in [0.05, 0.1) is 0 Å². The first-order valence-corrected chi connectivity index (χ1v) is 4.02. The van der Waals surface area contributed by atoms with E-state index in [1.165, 1.54) is 18.2 Å². The van der Waals surface area contributed by atoms with Crippen molar-refractivity contribution in [2.75, 3.05) is 0 Å². The number of hydrogen-bond acceptors (Lipinski definition) is 4. The van der Waals surface area contributed by atoms with Crippen molar-refractivity contribution in [3.8, 4) is 5.75 Å². The number of carbonyl (C=O) groups excluding carboxylic acids is 1. The molecule has 1 rings (SSSR count). The first-order valence-electron chi connectivity index (χ1n) is 4.02. The zero-order valence-electron chi connectivity index (χ0n) is 7.51. The van der Waals surface area contributed by atoms with E-state index in [1.807, 2.05) is 0 Å². The Bertz CT molecular complexity index is 349. The van der Waals surface area contributed by atoms with Gasteiger partial charge < -0.3 is 9.84 Å². The first-order chi connectivity index (χ1) is 6.65. The van der Waals surface area contributed by atoms with Crippen LogP contribution in [0.15, 0.2) is 36.9 Å². The van der Waals surface area contributed by atoms with Crippen LogP contribution in [0.1, 0.15) is 10.4 Å².